The van der Waals surface area contributed by atoms with E-state index in [0.29, 0.717) is 11.6 Å². The normalized spacial score (nSPS) is 25.8. The van der Waals surface area contributed by atoms with Crippen LogP contribution < -0.4 is 5.32 Å². The van der Waals surface area contributed by atoms with Gasteiger partial charge in [0.1, 0.15) is 0 Å². The molecule has 2 saturated heterocycles. The Kier molecular flexibility index (Phi) is 4.68. The molecule has 18 heavy (non-hydrogen) atoms. The highest BCUT2D eigenvalue weighted by Crippen LogP contribution is 2.33. The van der Waals surface area contributed by atoms with E-state index in [-0.39, 0.29) is 0 Å². The molecule has 3 heteroatoms. The van der Waals surface area contributed by atoms with Crippen molar-refractivity contribution in [2.24, 2.45) is 5.92 Å². The minimum atomic E-state index is 0.380. The van der Waals surface area contributed by atoms with Gasteiger partial charge in [-0.25, -0.2) is 0 Å². The van der Waals surface area contributed by atoms with Gasteiger partial charge in [0, 0.05) is 37.8 Å². The first-order chi connectivity index (χ1) is 8.51. The molecular formula is C15H31N3. The van der Waals surface area contributed by atoms with Crippen molar-refractivity contribution in [1.29, 1.82) is 0 Å². The van der Waals surface area contributed by atoms with Crippen molar-refractivity contribution < 1.29 is 0 Å². The lowest BCUT2D eigenvalue weighted by atomic mass is 9.78. The highest BCUT2D eigenvalue weighted by atomic mass is 15.2. The maximum atomic E-state index is 3.46. The standard InChI is InChI=1S/C15H31N3/c1-13(2)17-9-5-14(6-10-17)15(3,4)18-11-7-16-8-12-18/h13-14,16H,5-12H2,1-4H3. The molecule has 0 aromatic carbocycles. The summed E-state index contributed by atoms with van der Waals surface area (Å²) in [5.41, 5.74) is 0.380. The molecule has 0 spiro atoms. The summed E-state index contributed by atoms with van der Waals surface area (Å²) in [5, 5.41) is 3.46. The van der Waals surface area contributed by atoms with Gasteiger partial charge in [0.25, 0.3) is 0 Å². The molecule has 0 aromatic rings. The number of hydrogen-bond acceptors (Lipinski definition) is 3. The molecule has 0 atom stereocenters. The average molecular weight is 253 g/mol. The van der Waals surface area contributed by atoms with Gasteiger partial charge in [0.05, 0.1) is 0 Å². The first-order valence-electron chi connectivity index (χ1n) is 7.71. The maximum Gasteiger partial charge on any atom is 0.0183 e. The number of piperazine rings is 1. The SMILES string of the molecule is CC(C)N1CCC(C(C)(C)N2CCNCC2)CC1. The number of piperidine rings is 1. The zero-order valence-electron chi connectivity index (χ0n) is 12.7. The van der Waals surface area contributed by atoms with Gasteiger partial charge in [-0.1, -0.05) is 0 Å². The van der Waals surface area contributed by atoms with Crippen molar-refractivity contribution in [3.63, 3.8) is 0 Å². The Morgan fingerprint density at radius 3 is 2.06 bits per heavy atom. The third-order valence-corrected chi connectivity index (χ3v) is 5.19. The summed E-state index contributed by atoms with van der Waals surface area (Å²) in [7, 11) is 0. The summed E-state index contributed by atoms with van der Waals surface area (Å²) in [4.78, 5) is 5.34. The third kappa shape index (κ3) is 3.06. The molecule has 0 bridgehead atoms. The Bertz CT molecular complexity index is 248. The molecule has 0 radical (unpaired) electrons. The lowest BCUT2D eigenvalue weighted by Crippen LogP contribution is -2.58. The highest BCUT2D eigenvalue weighted by molar-refractivity contribution is 4.93. The van der Waals surface area contributed by atoms with E-state index in [0.717, 1.165) is 19.0 Å². The van der Waals surface area contributed by atoms with E-state index in [1.807, 2.05) is 0 Å². The fourth-order valence-corrected chi connectivity index (χ4v) is 3.62. The van der Waals surface area contributed by atoms with Crippen LogP contribution in [0, 0.1) is 5.92 Å². The molecular weight excluding hydrogens is 222 g/mol. The van der Waals surface area contributed by atoms with Crippen molar-refractivity contribution in [2.75, 3.05) is 39.3 Å². The summed E-state index contributed by atoms with van der Waals surface area (Å²) in [6.07, 6.45) is 2.74. The summed E-state index contributed by atoms with van der Waals surface area (Å²) in [6, 6.07) is 0.716. The monoisotopic (exact) mass is 253 g/mol. The molecule has 0 saturated carbocycles. The van der Waals surface area contributed by atoms with Gasteiger partial charge in [-0.2, -0.15) is 0 Å². The lowest BCUT2D eigenvalue weighted by Gasteiger charge is -2.49. The van der Waals surface area contributed by atoms with Crippen LogP contribution in [0.25, 0.3) is 0 Å². The minimum absolute atomic E-state index is 0.380. The zero-order valence-corrected chi connectivity index (χ0v) is 12.7. The van der Waals surface area contributed by atoms with Gasteiger partial charge in [-0.3, -0.25) is 4.90 Å². The summed E-state index contributed by atoms with van der Waals surface area (Å²) >= 11 is 0. The topological polar surface area (TPSA) is 18.5 Å². The second-order valence-corrected chi connectivity index (χ2v) is 6.79. The predicted octanol–water partition coefficient (Wildman–Crippen LogP) is 1.79. The molecule has 106 valence electrons. The van der Waals surface area contributed by atoms with Crippen molar-refractivity contribution in [1.82, 2.24) is 15.1 Å². The van der Waals surface area contributed by atoms with Crippen LogP contribution in [-0.2, 0) is 0 Å². The minimum Gasteiger partial charge on any atom is -0.314 e. The van der Waals surface area contributed by atoms with Gasteiger partial charge < -0.3 is 10.2 Å². The van der Waals surface area contributed by atoms with Gasteiger partial charge >= 0.3 is 0 Å². The van der Waals surface area contributed by atoms with Gasteiger partial charge in [-0.05, 0) is 59.5 Å². The van der Waals surface area contributed by atoms with Gasteiger partial charge in [0.2, 0.25) is 0 Å². The van der Waals surface area contributed by atoms with Gasteiger partial charge in [0.15, 0.2) is 0 Å². The number of likely N-dealkylation sites (tertiary alicyclic amines) is 1. The van der Waals surface area contributed by atoms with Crippen molar-refractivity contribution in [2.45, 2.75) is 52.1 Å². The van der Waals surface area contributed by atoms with E-state index in [1.54, 1.807) is 0 Å². The fraction of sp³-hybridized carbons (Fsp3) is 1.00. The van der Waals surface area contributed by atoms with Crippen LogP contribution in [0.1, 0.15) is 40.5 Å². The molecule has 3 nitrogen and oxygen atoms in total. The number of nitrogens with one attached hydrogen (secondary N) is 1. The van der Waals surface area contributed by atoms with Crippen molar-refractivity contribution in [3.8, 4) is 0 Å². The Hall–Kier alpha value is -0.120. The fourth-order valence-electron chi connectivity index (χ4n) is 3.62. The number of rotatable bonds is 3. The molecule has 1 N–H and O–H groups in total. The zero-order chi connectivity index (χ0) is 13.2. The largest absolute Gasteiger partial charge is 0.314 e. The van der Waals surface area contributed by atoms with Crippen LogP contribution >= 0.6 is 0 Å². The molecule has 2 aliphatic rings. The summed E-state index contributed by atoms with van der Waals surface area (Å²) in [5.74, 6) is 0.866. The van der Waals surface area contributed by atoms with Crippen LogP contribution in [0.5, 0.6) is 0 Å². The van der Waals surface area contributed by atoms with Crippen LogP contribution in [0.15, 0.2) is 0 Å². The van der Waals surface area contributed by atoms with Crippen molar-refractivity contribution >= 4 is 0 Å². The van der Waals surface area contributed by atoms with E-state index in [2.05, 4.69) is 42.8 Å². The Labute approximate surface area is 113 Å². The second kappa shape index (κ2) is 5.89. The van der Waals surface area contributed by atoms with Crippen LogP contribution in [0.4, 0.5) is 0 Å². The molecule has 2 heterocycles. The maximum absolute atomic E-state index is 3.46. The second-order valence-electron chi connectivity index (χ2n) is 6.79. The van der Waals surface area contributed by atoms with E-state index >= 15 is 0 Å². The van der Waals surface area contributed by atoms with E-state index < -0.39 is 0 Å². The lowest BCUT2D eigenvalue weighted by molar-refractivity contribution is 0.0136. The Balaban J connectivity index is 1.90. The van der Waals surface area contributed by atoms with E-state index in [4.69, 9.17) is 0 Å². The molecule has 0 amide bonds. The Morgan fingerprint density at radius 1 is 1.00 bits per heavy atom. The number of nitrogens with zero attached hydrogens (tertiary/aromatic N) is 2. The first-order valence-corrected chi connectivity index (χ1v) is 7.71. The van der Waals surface area contributed by atoms with Crippen LogP contribution in [0.2, 0.25) is 0 Å². The summed E-state index contributed by atoms with van der Waals surface area (Å²) in [6.45, 7) is 16.9. The number of hydrogen-bond donors (Lipinski definition) is 1. The third-order valence-electron chi connectivity index (χ3n) is 5.19. The molecule has 2 rings (SSSR count). The molecule has 0 aliphatic carbocycles. The molecule has 2 aliphatic heterocycles. The average Bonchev–Trinajstić information content (AvgIpc) is 2.40. The quantitative estimate of drug-likeness (QED) is 0.827. The molecule has 0 unspecified atom stereocenters. The van der Waals surface area contributed by atoms with Crippen LogP contribution in [-0.4, -0.2) is 60.6 Å². The first kappa shape index (κ1) is 14.3. The molecule has 0 aromatic heterocycles. The van der Waals surface area contributed by atoms with Gasteiger partial charge in [-0.15, -0.1) is 0 Å². The highest BCUT2D eigenvalue weighted by Gasteiger charge is 2.37. The van der Waals surface area contributed by atoms with E-state index in [1.165, 1.54) is 39.0 Å². The Morgan fingerprint density at radius 2 is 1.56 bits per heavy atom. The predicted molar refractivity (Wildman–Crippen MR) is 78.0 cm³/mol. The molecule has 2 fully saturated rings. The van der Waals surface area contributed by atoms with Crippen molar-refractivity contribution in [3.05, 3.63) is 0 Å². The summed E-state index contributed by atoms with van der Waals surface area (Å²) < 4.78 is 0. The van der Waals surface area contributed by atoms with Crippen LogP contribution in [0.3, 0.4) is 0 Å². The smallest absolute Gasteiger partial charge is 0.0183 e. The van der Waals surface area contributed by atoms with E-state index in [9.17, 15) is 0 Å².